The second-order valence-corrected chi connectivity index (χ2v) is 34.3. The smallest absolute Gasteiger partial charge is 0.432 e. The molecule has 13 heteroatoms. The van der Waals surface area contributed by atoms with Crippen LogP contribution in [0, 0.1) is 0 Å². The van der Waals surface area contributed by atoms with E-state index in [9.17, 15) is 4.79 Å². The quantitative estimate of drug-likeness (QED) is 0.0384. The normalized spacial score (nSPS) is 21.7. The zero-order valence-electron chi connectivity index (χ0n) is 48.4. The van der Waals surface area contributed by atoms with Crippen LogP contribution in [0.2, 0.25) is 36.3 Å². The highest BCUT2D eigenvalue weighted by molar-refractivity contribution is 6.74. The molecule has 0 aromatic heterocycles. The molecule has 2 aromatic rings. The number of unbranched alkanes of at least 4 members (excludes halogenated alkanes) is 16. The topological polar surface area (TPSA) is 81.7 Å². The molecule has 0 amide bonds. The molecular weight excluding hydrogens is 974 g/mol. The average Bonchev–Trinajstić information content (AvgIpc) is 3.99. The van der Waals surface area contributed by atoms with Crippen molar-refractivity contribution in [2.45, 2.75) is 294 Å². The van der Waals surface area contributed by atoms with Crippen LogP contribution in [-0.2, 0) is 49.5 Å². The Hall–Kier alpha value is -2.11. The Kier molecular flexibility index (Phi) is 26.9. The number of methoxy groups -OCH3 is 1. The Morgan fingerprint density at radius 2 is 1.14 bits per heavy atom. The van der Waals surface area contributed by atoms with Crippen molar-refractivity contribution >= 4 is 22.6 Å². The Bertz CT molecular complexity index is 1840. The molecule has 0 spiro atoms. The largest absolute Gasteiger partial charge is 0.457 e. The fourth-order valence-corrected chi connectivity index (χ4v) is 12.9. The van der Waals surface area contributed by atoms with Gasteiger partial charge in [0.05, 0.1) is 37.1 Å². The molecule has 0 saturated carbocycles. The third-order valence-electron chi connectivity index (χ3n) is 16.9. The van der Waals surface area contributed by atoms with Crippen molar-refractivity contribution in [3.8, 4) is 0 Å². The molecule has 74 heavy (non-hydrogen) atoms. The third kappa shape index (κ3) is 19.7. The SMILES string of the molecule is CCCCCCCCCCCCCCCCC[C@H](O[Si](C)(C)C(C)(C)C)[C@@H]1C[C@@H](O[Si](C)(C)C(C)(C)C)[C@@H]([C@@H]2CC[C@@H]([C@H](CCCCCOCc3ccccc3)OC(=O)[C@@](OC)(c3ccccc3)C(F)(F)F)O2)O1. The van der Waals surface area contributed by atoms with Gasteiger partial charge in [0.25, 0.3) is 5.60 Å². The van der Waals surface area contributed by atoms with E-state index < -0.39 is 58.8 Å². The number of alkyl halides is 3. The van der Waals surface area contributed by atoms with Crippen molar-refractivity contribution in [1.29, 1.82) is 0 Å². The lowest BCUT2D eigenvalue weighted by Gasteiger charge is -2.41. The minimum Gasteiger partial charge on any atom is -0.457 e. The molecule has 8 nitrogen and oxygen atoms in total. The van der Waals surface area contributed by atoms with Crippen molar-refractivity contribution in [3.63, 3.8) is 0 Å². The number of hydrogen-bond donors (Lipinski definition) is 0. The molecule has 2 aliphatic heterocycles. The molecule has 0 radical (unpaired) electrons. The number of carbonyl (C=O) groups is 1. The summed E-state index contributed by atoms with van der Waals surface area (Å²) in [6.07, 6.45) is 16.5. The van der Waals surface area contributed by atoms with Gasteiger partial charge in [0, 0.05) is 25.7 Å². The molecule has 2 aromatic carbocycles. The van der Waals surface area contributed by atoms with Crippen molar-refractivity contribution in [1.82, 2.24) is 0 Å². The Balaban J connectivity index is 1.50. The maximum atomic E-state index is 15.2. The molecule has 2 aliphatic rings. The maximum Gasteiger partial charge on any atom is 0.432 e. The fourth-order valence-electron chi connectivity index (χ4n) is 10.2. The lowest BCUT2D eigenvalue weighted by atomic mass is 9.92. The van der Waals surface area contributed by atoms with Crippen molar-refractivity contribution in [2.24, 2.45) is 0 Å². The van der Waals surface area contributed by atoms with Gasteiger partial charge in [0.1, 0.15) is 12.2 Å². The van der Waals surface area contributed by atoms with Gasteiger partial charge in [-0.2, -0.15) is 13.2 Å². The standard InChI is InChI=1S/C61H103F3O8Si2/c1-13-14-15-16-17-18-19-20-21-22-23-24-25-26-34-42-52(71-73(9,10)58(2,3)4)54-46-55(72-74(11,12)59(5,6)7)56(69-54)53-44-43-51(68-53)50(41-35-29-36-45-67-47-48-37-30-27-31-38-48)70-57(65)60(66-8,61(62,63)64)49-39-32-28-33-40-49/h27-28,30-33,37-40,50-56H,13-26,29,34-36,41-47H2,1-12H3/t50-,51-,52-,53-,54-,55+,56+,60-/m0/s1. The highest BCUT2D eigenvalue weighted by Gasteiger charge is 2.65. The fraction of sp³-hybridized carbons (Fsp3) is 0.787. The Morgan fingerprint density at radius 1 is 0.635 bits per heavy atom. The van der Waals surface area contributed by atoms with E-state index >= 15 is 13.2 Å². The lowest BCUT2D eigenvalue weighted by Crippen LogP contribution is -2.53. The van der Waals surface area contributed by atoms with Gasteiger partial charge in [0.2, 0.25) is 0 Å². The summed E-state index contributed by atoms with van der Waals surface area (Å²) in [5, 5.41) is -0.0532. The Morgan fingerprint density at radius 3 is 1.65 bits per heavy atom. The second kappa shape index (κ2) is 30.9. The first-order valence-electron chi connectivity index (χ1n) is 29.1. The van der Waals surface area contributed by atoms with Crippen LogP contribution in [0.4, 0.5) is 13.2 Å². The van der Waals surface area contributed by atoms with Crippen molar-refractivity contribution < 1.29 is 50.5 Å². The van der Waals surface area contributed by atoms with Crippen LogP contribution in [0.1, 0.15) is 207 Å². The van der Waals surface area contributed by atoms with Gasteiger partial charge in [-0.05, 0) is 80.4 Å². The minimum absolute atomic E-state index is 0.00575. The molecule has 0 unspecified atom stereocenters. The van der Waals surface area contributed by atoms with E-state index in [-0.39, 0.29) is 34.0 Å². The molecule has 0 bridgehead atoms. The molecule has 8 atom stereocenters. The molecule has 424 valence electrons. The molecule has 0 aliphatic carbocycles. The first-order chi connectivity index (χ1) is 35.0. The Labute approximate surface area is 450 Å². The summed E-state index contributed by atoms with van der Waals surface area (Å²) in [6, 6.07) is 17.0. The van der Waals surface area contributed by atoms with Crippen LogP contribution in [0.3, 0.4) is 0 Å². The van der Waals surface area contributed by atoms with Gasteiger partial charge < -0.3 is 32.5 Å². The number of halogens is 3. The summed E-state index contributed by atoms with van der Waals surface area (Å²) in [6.45, 7) is 26.1. The maximum absolute atomic E-state index is 15.2. The number of rotatable bonds is 35. The van der Waals surface area contributed by atoms with E-state index in [0.717, 1.165) is 44.8 Å². The molecule has 4 rings (SSSR count). The molecule has 0 N–H and O–H groups in total. The summed E-state index contributed by atoms with van der Waals surface area (Å²) in [5.41, 5.74) is -2.56. The van der Waals surface area contributed by atoms with E-state index in [0.29, 0.717) is 45.3 Å². The lowest BCUT2D eigenvalue weighted by molar-refractivity contribution is -0.280. The van der Waals surface area contributed by atoms with E-state index in [1.807, 2.05) is 30.3 Å². The number of esters is 1. The zero-order valence-corrected chi connectivity index (χ0v) is 50.4. The van der Waals surface area contributed by atoms with E-state index in [1.54, 1.807) is 6.07 Å². The first-order valence-corrected chi connectivity index (χ1v) is 35.0. The predicted octanol–water partition coefficient (Wildman–Crippen LogP) is 17.5. The summed E-state index contributed by atoms with van der Waals surface area (Å²) >= 11 is 0. The molecule has 2 heterocycles. The van der Waals surface area contributed by atoms with Crippen molar-refractivity contribution in [3.05, 3.63) is 71.8 Å². The monoisotopic (exact) mass is 1080 g/mol. The number of carbonyl (C=O) groups excluding carboxylic acids is 1. The van der Waals surface area contributed by atoms with E-state index in [4.69, 9.17) is 32.5 Å². The highest BCUT2D eigenvalue weighted by Crippen LogP contribution is 2.47. The van der Waals surface area contributed by atoms with Gasteiger partial charge >= 0.3 is 12.1 Å². The van der Waals surface area contributed by atoms with E-state index in [2.05, 4.69) is 74.7 Å². The van der Waals surface area contributed by atoms with Crippen LogP contribution in [0.15, 0.2) is 60.7 Å². The molecule has 2 saturated heterocycles. The van der Waals surface area contributed by atoms with E-state index in [1.165, 1.54) is 108 Å². The molecule has 2 fully saturated rings. The number of ether oxygens (including phenoxy) is 5. The molecular formula is C61H103F3O8Si2. The summed E-state index contributed by atoms with van der Waals surface area (Å²) in [5.74, 6) is -1.50. The first kappa shape index (κ1) is 64.4. The predicted molar refractivity (Wildman–Crippen MR) is 300 cm³/mol. The third-order valence-corrected chi connectivity index (χ3v) is 25.9. The second-order valence-electron chi connectivity index (χ2n) is 24.8. The summed E-state index contributed by atoms with van der Waals surface area (Å²) in [4.78, 5) is 14.2. The van der Waals surface area contributed by atoms with Gasteiger partial charge in [0.15, 0.2) is 16.6 Å². The van der Waals surface area contributed by atoms with Crippen molar-refractivity contribution in [2.75, 3.05) is 13.7 Å². The van der Waals surface area contributed by atoms with Crippen LogP contribution in [0.25, 0.3) is 0 Å². The van der Waals surface area contributed by atoms with Crippen LogP contribution in [0.5, 0.6) is 0 Å². The summed E-state index contributed by atoms with van der Waals surface area (Å²) < 4.78 is 91.6. The number of hydrogen-bond acceptors (Lipinski definition) is 8. The zero-order chi connectivity index (χ0) is 54.5. The average molecular weight is 1080 g/mol. The van der Waals surface area contributed by atoms with Crippen LogP contribution in [-0.4, -0.2) is 85.2 Å². The van der Waals surface area contributed by atoms with Gasteiger partial charge in [-0.3, -0.25) is 0 Å². The van der Waals surface area contributed by atoms with Crippen LogP contribution < -0.4 is 0 Å². The summed E-state index contributed by atoms with van der Waals surface area (Å²) in [7, 11) is -3.64. The van der Waals surface area contributed by atoms with Gasteiger partial charge in [-0.25, -0.2) is 4.79 Å². The van der Waals surface area contributed by atoms with Crippen LogP contribution >= 0.6 is 0 Å². The van der Waals surface area contributed by atoms with Gasteiger partial charge in [-0.1, -0.05) is 212 Å². The minimum atomic E-state index is -5.10. The number of benzene rings is 2. The highest BCUT2D eigenvalue weighted by atomic mass is 28.4. The van der Waals surface area contributed by atoms with Gasteiger partial charge in [-0.15, -0.1) is 0 Å².